The Labute approximate surface area is 113 Å². The quantitative estimate of drug-likeness (QED) is 0.613. The second-order valence-electron chi connectivity index (χ2n) is 3.89. The zero-order valence-corrected chi connectivity index (χ0v) is 10.9. The molecule has 0 fully saturated rings. The highest BCUT2D eigenvalue weighted by atomic mass is 79.9. The standard InChI is InChI=1S/C14H8BrN3/c1-16-12-4-2-3-10(7-12)14-17-8-13-6-5-11(15)9-18(13)14/h2-9H. The Morgan fingerprint density at radius 2 is 2.11 bits per heavy atom. The molecule has 86 valence electrons. The summed E-state index contributed by atoms with van der Waals surface area (Å²) >= 11 is 3.45. The molecule has 0 radical (unpaired) electrons. The number of nitrogens with zero attached hydrogens (tertiary/aromatic N) is 3. The summed E-state index contributed by atoms with van der Waals surface area (Å²) in [6.45, 7) is 7.05. The normalized spacial score (nSPS) is 10.4. The van der Waals surface area contributed by atoms with Gasteiger partial charge < -0.3 is 0 Å². The Balaban J connectivity index is 2.25. The number of imidazole rings is 1. The lowest BCUT2D eigenvalue weighted by atomic mass is 10.2. The van der Waals surface area contributed by atoms with Crippen molar-refractivity contribution in [3.63, 3.8) is 0 Å². The topological polar surface area (TPSA) is 21.7 Å². The van der Waals surface area contributed by atoms with Gasteiger partial charge in [0.1, 0.15) is 5.82 Å². The van der Waals surface area contributed by atoms with Crippen molar-refractivity contribution in [3.8, 4) is 11.4 Å². The van der Waals surface area contributed by atoms with Crippen LogP contribution in [0.4, 0.5) is 5.69 Å². The van der Waals surface area contributed by atoms with Gasteiger partial charge in [0.05, 0.1) is 18.3 Å². The van der Waals surface area contributed by atoms with E-state index in [4.69, 9.17) is 6.57 Å². The fraction of sp³-hybridized carbons (Fsp3) is 0. The predicted octanol–water partition coefficient (Wildman–Crippen LogP) is 4.31. The summed E-state index contributed by atoms with van der Waals surface area (Å²) in [5, 5.41) is 0. The molecule has 0 saturated carbocycles. The van der Waals surface area contributed by atoms with E-state index in [-0.39, 0.29) is 0 Å². The minimum atomic E-state index is 0.624. The van der Waals surface area contributed by atoms with E-state index in [1.54, 1.807) is 6.07 Å². The van der Waals surface area contributed by atoms with Crippen LogP contribution in [0, 0.1) is 6.57 Å². The van der Waals surface area contributed by atoms with Crippen molar-refractivity contribution < 1.29 is 0 Å². The number of hydrogen-bond donors (Lipinski definition) is 0. The zero-order valence-electron chi connectivity index (χ0n) is 9.34. The second kappa shape index (κ2) is 4.28. The SMILES string of the molecule is [C-]#[N+]c1cccc(-c2ncc3ccc(Br)cn23)c1. The number of fused-ring (bicyclic) bond motifs is 1. The smallest absolute Gasteiger partial charge is 0.187 e. The number of rotatable bonds is 1. The molecule has 0 amide bonds. The molecule has 2 aromatic heterocycles. The van der Waals surface area contributed by atoms with Crippen LogP contribution in [-0.2, 0) is 0 Å². The lowest BCUT2D eigenvalue weighted by Crippen LogP contribution is -1.88. The van der Waals surface area contributed by atoms with Gasteiger partial charge in [-0.25, -0.2) is 9.83 Å². The highest BCUT2D eigenvalue weighted by Crippen LogP contribution is 2.25. The number of aromatic nitrogens is 2. The lowest BCUT2D eigenvalue weighted by molar-refractivity contribution is 1.15. The Bertz CT molecular complexity index is 768. The maximum absolute atomic E-state index is 7.05. The summed E-state index contributed by atoms with van der Waals surface area (Å²) in [6.07, 6.45) is 3.80. The minimum Gasteiger partial charge on any atom is -0.299 e. The van der Waals surface area contributed by atoms with E-state index in [2.05, 4.69) is 25.8 Å². The first kappa shape index (κ1) is 11.0. The second-order valence-corrected chi connectivity index (χ2v) is 4.80. The first-order valence-corrected chi connectivity index (χ1v) is 6.18. The van der Waals surface area contributed by atoms with Crippen molar-refractivity contribution in [1.29, 1.82) is 0 Å². The van der Waals surface area contributed by atoms with E-state index < -0.39 is 0 Å². The highest BCUT2D eigenvalue weighted by molar-refractivity contribution is 9.10. The Hall–Kier alpha value is -2.12. The maximum Gasteiger partial charge on any atom is 0.187 e. The number of halogens is 1. The molecule has 0 aliphatic carbocycles. The molecule has 3 aromatic rings. The molecule has 0 saturated heterocycles. The van der Waals surface area contributed by atoms with E-state index in [0.29, 0.717) is 5.69 Å². The first-order chi connectivity index (χ1) is 8.78. The zero-order chi connectivity index (χ0) is 12.5. The van der Waals surface area contributed by atoms with Crippen LogP contribution in [0.15, 0.2) is 53.3 Å². The Morgan fingerprint density at radius 3 is 2.94 bits per heavy atom. The molecule has 0 aliphatic heterocycles. The van der Waals surface area contributed by atoms with Gasteiger partial charge in [0, 0.05) is 16.2 Å². The largest absolute Gasteiger partial charge is 0.299 e. The third kappa shape index (κ3) is 1.79. The van der Waals surface area contributed by atoms with Crippen LogP contribution in [-0.4, -0.2) is 9.38 Å². The summed E-state index contributed by atoms with van der Waals surface area (Å²) in [5.41, 5.74) is 2.60. The molecule has 0 spiro atoms. The summed E-state index contributed by atoms with van der Waals surface area (Å²) in [5.74, 6) is 0.844. The van der Waals surface area contributed by atoms with Gasteiger partial charge in [-0.05, 0) is 34.1 Å². The Morgan fingerprint density at radius 1 is 1.22 bits per heavy atom. The molecular weight excluding hydrogens is 290 g/mol. The summed E-state index contributed by atoms with van der Waals surface area (Å²) in [6, 6.07) is 11.5. The third-order valence-electron chi connectivity index (χ3n) is 2.72. The van der Waals surface area contributed by atoms with E-state index in [9.17, 15) is 0 Å². The van der Waals surface area contributed by atoms with Crippen LogP contribution in [0.2, 0.25) is 0 Å². The van der Waals surface area contributed by atoms with Gasteiger partial charge >= 0.3 is 0 Å². The van der Waals surface area contributed by atoms with E-state index in [1.165, 1.54) is 0 Å². The minimum absolute atomic E-state index is 0.624. The van der Waals surface area contributed by atoms with Crippen LogP contribution in [0.5, 0.6) is 0 Å². The van der Waals surface area contributed by atoms with Gasteiger partial charge in [0.2, 0.25) is 0 Å². The number of hydrogen-bond acceptors (Lipinski definition) is 1. The summed E-state index contributed by atoms with van der Waals surface area (Å²) in [4.78, 5) is 7.86. The molecule has 0 unspecified atom stereocenters. The van der Waals surface area contributed by atoms with Crippen LogP contribution in [0.25, 0.3) is 21.7 Å². The fourth-order valence-electron chi connectivity index (χ4n) is 1.89. The molecular formula is C14H8BrN3. The molecule has 1 aromatic carbocycles. The maximum atomic E-state index is 7.05. The molecule has 3 rings (SSSR count). The van der Waals surface area contributed by atoms with Crippen molar-refractivity contribution >= 4 is 27.1 Å². The van der Waals surface area contributed by atoms with Gasteiger partial charge in [-0.1, -0.05) is 18.2 Å². The lowest BCUT2D eigenvalue weighted by Gasteiger charge is -2.02. The van der Waals surface area contributed by atoms with Crippen LogP contribution in [0.1, 0.15) is 0 Å². The summed E-state index contributed by atoms with van der Waals surface area (Å²) in [7, 11) is 0. The molecule has 0 N–H and O–H groups in total. The van der Waals surface area contributed by atoms with E-state index in [1.807, 2.05) is 47.1 Å². The van der Waals surface area contributed by atoms with Crippen LogP contribution >= 0.6 is 15.9 Å². The number of pyridine rings is 1. The van der Waals surface area contributed by atoms with E-state index in [0.717, 1.165) is 21.4 Å². The fourth-order valence-corrected chi connectivity index (χ4v) is 2.23. The van der Waals surface area contributed by atoms with Gasteiger partial charge in [0.15, 0.2) is 5.69 Å². The number of benzene rings is 1. The van der Waals surface area contributed by atoms with Crippen LogP contribution in [0.3, 0.4) is 0 Å². The third-order valence-corrected chi connectivity index (χ3v) is 3.19. The predicted molar refractivity (Wildman–Crippen MR) is 74.6 cm³/mol. The van der Waals surface area contributed by atoms with Crippen molar-refractivity contribution in [2.45, 2.75) is 0 Å². The molecule has 0 aliphatic rings. The van der Waals surface area contributed by atoms with Gasteiger partial charge in [-0.2, -0.15) is 0 Å². The molecule has 18 heavy (non-hydrogen) atoms. The molecule has 0 bridgehead atoms. The molecule has 2 heterocycles. The van der Waals surface area contributed by atoms with E-state index >= 15 is 0 Å². The Kier molecular flexibility index (Phi) is 2.62. The highest BCUT2D eigenvalue weighted by Gasteiger charge is 2.06. The van der Waals surface area contributed by atoms with Crippen molar-refractivity contribution in [1.82, 2.24) is 9.38 Å². The van der Waals surface area contributed by atoms with Gasteiger partial charge in [-0.15, -0.1) is 0 Å². The first-order valence-electron chi connectivity index (χ1n) is 5.38. The van der Waals surface area contributed by atoms with Gasteiger partial charge in [-0.3, -0.25) is 4.40 Å². The average molecular weight is 298 g/mol. The van der Waals surface area contributed by atoms with Gasteiger partial charge in [0.25, 0.3) is 0 Å². The molecule has 0 atom stereocenters. The summed E-state index contributed by atoms with van der Waals surface area (Å²) < 4.78 is 3.00. The van der Waals surface area contributed by atoms with Crippen molar-refractivity contribution in [2.24, 2.45) is 0 Å². The molecule has 3 nitrogen and oxygen atoms in total. The monoisotopic (exact) mass is 297 g/mol. The van der Waals surface area contributed by atoms with Crippen molar-refractivity contribution in [3.05, 3.63) is 64.7 Å². The average Bonchev–Trinajstić information content (AvgIpc) is 2.81. The van der Waals surface area contributed by atoms with Crippen LogP contribution < -0.4 is 0 Å². The molecule has 4 heteroatoms. The van der Waals surface area contributed by atoms with Crippen molar-refractivity contribution in [2.75, 3.05) is 0 Å².